The number of hydrogen-bond donors (Lipinski definition) is 2. The van der Waals surface area contributed by atoms with Crippen molar-refractivity contribution < 1.29 is 14.9 Å². The first-order valence-electron chi connectivity index (χ1n) is 8.78. The van der Waals surface area contributed by atoms with Gasteiger partial charge in [-0.1, -0.05) is 33.1 Å². The lowest BCUT2D eigenvalue weighted by molar-refractivity contribution is -0.167. The van der Waals surface area contributed by atoms with Crippen LogP contribution in [-0.2, 0) is 4.74 Å². The van der Waals surface area contributed by atoms with Crippen molar-refractivity contribution in [3.63, 3.8) is 0 Å². The zero-order chi connectivity index (χ0) is 15.3. The van der Waals surface area contributed by atoms with Crippen LogP contribution in [0.4, 0.5) is 0 Å². The Labute approximate surface area is 129 Å². The monoisotopic (exact) mass is 296 g/mol. The van der Waals surface area contributed by atoms with Gasteiger partial charge in [-0.05, 0) is 42.9 Å². The van der Waals surface area contributed by atoms with E-state index in [9.17, 15) is 10.2 Å². The molecule has 0 aromatic rings. The summed E-state index contributed by atoms with van der Waals surface area (Å²) in [5.41, 5.74) is -0.851. The second kappa shape index (κ2) is 5.21. The number of aliphatic hydroxyl groups is 2. The first-order chi connectivity index (χ1) is 9.95. The fourth-order valence-corrected chi connectivity index (χ4v) is 6.69. The molecule has 3 aliphatic rings. The molecular formula is C18H32O3. The molecule has 2 bridgehead atoms. The van der Waals surface area contributed by atoms with Crippen molar-refractivity contribution in [3.05, 3.63) is 0 Å². The predicted octanol–water partition coefficient (Wildman–Crippen LogP) is 2.99. The molecule has 3 rings (SSSR count). The Hall–Kier alpha value is -0.120. The van der Waals surface area contributed by atoms with Crippen LogP contribution < -0.4 is 0 Å². The van der Waals surface area contributed by atoms with Crippen LogP contribution in [0.3, 0.4) is 0 Å². The second-order valence-electron chi connectivity index (χ2n) is 8.24. The predicted molar refractivity (Wildman–Crippen MR) is 82.9 cm³/mol. The highest BCUT2D eigenvalue weighted by Crippen LogP contribution is 2.75. The third kappa shape index (κ3) is 1.77. The molecule has 0 aromatic carbocycles. The molecule has 122 valence electrons. The zero-order valence-electron chi connectivity index (χ0n) is 13.9. The molecule has 21 heavy (non-hydrogen) atoms. The molecule has 0 radical (unpaired) electrons. The van der Waals surface area contributed by atoms with E-state index in [4.69, 9.17) is 4.74 Å². The second-order valence-corrected chi connectivity index (χ2v) is 8.24. The van der Waals surface area contributed by atoms with Crippen molar-refractivity contribution in [1.29, 1.82) is 0 Å². The van der Waals surface area contributed by atoms with Crippen LogP contribution in [0.1, 0.15) is 58.8 Å². The fraction of sp³-hybridized carbons (Fsp3) is 1.00. The molecule has 0 saturated heterocycles. The van der Waals surface area contributed by atoms with Gasteiger partial charge in [0.15, 0.2) is 0 Å². The van der Waals surface area contributed by atoms with E-state index in [1.54, 1.807) is 7.11 Å². The van der Waals surface area contributed by atoms with Gasteiger partial charge in [0.2, 0.25) is 0 Å². The van der Waals surface area contributed by atoms with Crippen LogP contribution in [0, 0.1) is 28.6 Å². The molecule has 0 unspecified atom stereocenters. The normalized spacial score (nSPS) is 50.7. The van der Waals surface area contributed by atoms with E-state index in [2.05, 4.69) is 13.8 Å². The van der Waals surface area contributed by atoms with Crippen molar-refractivity contribution in [2.45, 2.75) is 64.4 Å². The summed E-state index contributed by atoms with van der Waals surface area (Å²) in [6.45, 7) is 5.13. The van der Waals surface area contributed by atoms with Gasteiger partial charge in [-0.25, -0.2) is 0 Å². The van der Waals surface area contributed by atoms with Crippen molar-refractivity contribution >= 4 is 0 Å². The lowest BCUT2D eigenvalue weighted by Gasteiger charge is -2.51. The number of fused-ring (bicyclic) bond motifs is 2. The number of aliphatic hydroxyl groups excluding tert-OH is 1. The molecule has 0 heterocycles. The first kappa shape index (κ1) is 15.8. The average molecular weight is 296 g/mol. The number of methoxy groups -OCH3 is 1. The summed E-state index contributed by atoms with van der Waals surface area (Å²) in [5, 5.41) is 21.5. The first-order valence-corrected chi connectivity index (χ1v) is 8.78. The molecule has 3 nitrogen and oxygen atoms in total. The van der Waals surface area contributed by atoms with Crippen LogP contribution in [-0.4, -0.2) is 36.1 Å². The summed E-state index contributed by atoms with van der Waals surface area (Å²) < 4.78 is 5.40. The molecule has 3 saturated carbocycles. The molecule has 2 N–H and O–H groups in total. The minimum atomic E-state index is -0.869. The van der Waals surface area contributed by atoms with E-state index < -0.39 is 5.60 Å². The Kier molecular flexibility index (Phi) is 3.91. The Morgan fingerprint density at radius 2 is 1.76 bits per heavy atom. The van der Waals surface area contributed by atoms with Crippen molar-refractivity contribution in [3.8, 4) is 0 Å². The number of ether oxygens (including phenoxy) is 1. The summed E-state index contributed by atoms with van der Waals surface area (Å²) in [4.78, 5) is 0. The minimum Gasteiger partial charge on any atom is -0.396 e. The SMILES string of the molecule is COC[C@@]1(O)[C@@H](CO)[C@@H]2CC[C@@]1(C)[C@@]2(C)C1CCCCC1. The Bertz CT molecular complexity index is 392. The summed E-state index contributed by atoms with van der Waals surface area (Å²) >= 11 is 0. The topological polar surface area (TPSA) is 49.7 Å². The Morgan fingerprint density at radius 3 is 2.33 bits per heavy atom. The highest BCUT2D eigenvalue weighted by atomic mass is 16.5. The van der Waals surface area contributed by atoms with Gasteiger partial charge in [-0.3, -0.25) is 0 Å². The van der Waals surface area contributed by atoms with E-state index in [1.165, 1.54) is 32.1 Å². The van der Waals surface area contributed by atoms with Crippen molar-refractivity contribution in [2.24, 2.45) is 28.6 Å². The van der Waals surface area contributed by atoms with Gasteiger partial charge in [-0.2, -0.15) is 0 Å². The van der Waals surface area contributed by atoms with E-state index in [-0.39, 0.29) is 23.4 Å². The number of rotatable bonds is 4. The molecule has 3 fully saturated rings. The number of hydrogen-bond acceptors (Lipinski definition) is 3. The van der Waals surface area contributed by atoms with Crippen molar-refractivity contribution in [1.82, 2.24) is 0 Å². The third-order valence-corrected chi connectivity index (χ3v) is 7.98. The van der Waals surface area contributed by atoms with Gasteiger partial charge in [0, 0.05) is 25.0 Å². The quantitative estimate of drug-likeness (QED) is 0.838. The van der Waals surface area contributed by atoms with Gasteiger partial charge < -0.3 is 14.9 Å². The van der Waals surface area contributed by atoms with Crippen LogP contribution in [0.25, 0.3) is 0 Å². The zero-order valence-corrected chi connectivity index (χ0v) is 13.9. The van der Waals surface area contributed by atoms with Gasteiger partial charge in [-0.15, -0.1) is 0 Å². The van der Waals surface area contributed by atoms with Gasteiger partial charge in [0.05, 0.1) is 12.2 Å². The third-order valence-electron chi connectivity index (χ3n) is 7.98. The highest BCUT2D eigenvalue weighted by Gasteiger charge is 2.75. The van der Waals surface area contributed by atoms with E-state index in [1.807, 2.05) is 0 Å². The molecule has 0 aliphatic heterocycles. The Balaban J connectivity index is 2.02. The van der Waals surface area contributed by atoms with E-state index >= 15 is 0 Å². The largest absolute Gasteiger partial charge is 0.396 e. The maximum atomic E-state index is 11.5. The molecule has 3 aliphatic carbocycles. The standard InChI is InChI=1S/C18H32O3/c1-16-10-9-14(15(11-19)18(16,20)12-21-3)17(16,2)13-7-5-4-6-8-13/h13-15,19-20H,4-12H2,1-3H3/t14-,15-,16-,17-,18+/m0/s1. The lowest BCUT2D eigenvalue weighted by atomic mass is 9.56. The van der Waals surface area contributed by atoms with Crippen LogP contribution >= 0.6 is 0 Å². The molecule has 5 atom stereocenters. The van der Waals surface area contributed by atoms with Crippen LogP contribution in [0.5, 0.6) is 0 Å². The molecule has 0 spiro atoms. The lowest BCUT2D eigenvalue weighted by Crippen LogP contribution is -2.56. The summed E-state index contributed by atoms with van der Waals surface area (Å²) in [5.74, 6) is 1.11. The summed E-state index contributed by atoms with van der Waals surface area (Å²) in [6, 6.07) is 0. The van der Waals surface area contributed by atoms with Crippen LogP contribution in [0.15, 0.2) is 0 Å². The van der Waals surface area contributed by atoms with E-state index in [0.29, 0.717) is 18.4 Å². The van der Waals surface area contributed by atoms with Gasteiger partial charge in [0.25, 0.3) is 0 Å². The molecule has 0 amide bonds. The maximum absolute atomic E-state index is 11.5. The summed E-state index contributed by atoms with van der Waals surface area (Å²) in [7, 11) is 1.67. The fourth-order valence-electron chi connectivity index (χ4n) is 6.69. The molecule has 3 heteroatoms. The van der Waals surface area contributed by atoms with Gasteiger partial charge >= 0.3 is 0 Å². The smallest absolute Gasteiger partial charge is 0.0991 e. The molecule has 0 aromatic heterocycles. The Morgan fingerprint density at radius 1 is 1.10 bits per heavy atom. The minimum absolute atomic E-state index is 0.0249. The average Bonchev–Trinajstić information content (AvgIpc) is 2.83. The summed E-state index contributed by atoms with van der Waals surface area (Å²) in [6.07, 6.45) is 8.83. The maximum Gasteiger partial charge on any atom is 0.0991 e. The highest BCUT2D eigenvalue weighted by molar-refractivity contribution is 5.24. The van der Waals surface area contributed by atoms with E-state index in [0.717, 1.165) is 12.8 Å². The van der Waals surface area contributed by atoms with Gasteiger partial charge in [0.1, 0.15) is 0 Å². The van der Waals surface area contributed by atoms with Crippen molar-refractivity contribution in [2.75, 3.05) is 20.3 Å². The van der Waals surface area contributed by atoms with Crippen LogP contribution in [0.2, 0.25) is 0 Å². The molecular weight excluding hydrogens is 264 g/mol.